The number of hydrogen-bond acceptors (Lipinski definition) is 3. The van der Waals surface area contributed by atoms with E-state index in [4.69, 9.17) is 9.47 Å². The van der Waals surface area contributed by atoms with Crippen molar-refractivity contribution in [3.63, 3.8) is 0 Å². The van der Waals surface area contributed by atoms with E-state index in [1.807, 2.05) is 0 Å². The summed E-state index contributed by atoms with van der Waals surface area (Å²) >= 11 is 0. The zero-order valence-electron chi connectivity index (χ0n) is 15.3. The maximum Gasteiger partial charge on any atom is 0.573 e. The molecule has 1 aromatic carbocycles. The first kappa shape index (κ1) is 20.1. The molecule has 0 bridgehead atoms. The summed E-state index contributed by atoms with van der Waals surface area (Å²) in [4.78, 5) is 0. The minimum Gasteiger partial charge on any atom is -0.490 e. The van der Waals surface area contributed by atoms with Gasteiger partial charge in [-0.2, -0.15) is 4.39 Å². The predicted molar refractivity (Wildman–Crippen MR) is 92.6 cm³/mol. The molecule has 0 unspecified atom stereocenters. The first-order valence-electron chi connectivity index (χ1n) is 9.76. The van der Waals surface area contributed by atoms with E-state index in [9.17, 15) is 17.6 Å². The summed E-state index contributed by atoms with van der Waals surface area (Å²) in [5.74, 6) is -1.74. The highest BCUT2D eigenvalue weighted by Crippen LogP contribution is 2.40. The van der Waals surface area contributed by atoms with Crippen LogP contribution in [0.3, 0.4) is 0 Å². The molecular formula is C20H26F4O3. The molecule has 0 heterocycles. The molecule has 2 aliphatic rings. The third-order valence-electron chi connectivity index (χ3n) is 5.45. The van der Waals surface area contributed by atoms with E-state index in [2.05, 4.69) is 4.74 Å². The lowest BCUT2D eigenvalue weighted by atomic mass is 10.1. The van der Waals surface area contributed by atoms with Crippen LogP contribution in [-0.2, 0) is 0 Å². The van der Waals surface area contributed by atoms with Gasteiger partial charge in [-0.1, -0.05) is 38.5 Å². The molecular weight excluding hydrogens is 364 g/mol. The van der Waals surface area contributed by atoms with Crippen molar-refractivity contribution in [3.8, 4) is 17.2 Å². The number of rotatable bonds is 8. The molecule has 0 aromatic heterocycles. The monoisotopic (exact) mass is 390 g/mol. The van der Waals surface area contributed by atoms with Crippen LogP contribution in [0, 0.1) is 17.7 Å². The molecule has 0 aliphatic heterocycles. The van der Waals surface area contributed by atoms with Crippen molar-refractivity contribution >= 4 is 0 Å². The van der Waals surface area contributed by atoms with E-state index < -0.39 is 17.9 Å². The highest BCUT2D eigenvalue weighted by atomic mass is 19.4. The Morgan fingerprint density at radius 2 is 1.44 bits per heavy atom. The van der Waals surface area contributed by atoms with Crippen molar-refractivity contribution in [2.45, 2.75) is 64.1 Å². The average Bonchev–Trinajstić information content (AvgIpc) is 3.29. The SMILES string of the molecule is Fc1c(OCC2CCCC2)ccc(OCCC2CCCC2)c1OC(F)(F)F. The normalized spacial score (nSPS) is 18.8. The first-order chi connectivity index (χ1) is 12.9. The Balaban J connectivity index is 1.67. The van der Waals surface area contributed by atoms with E-state index in [1.165, 1.54) is 25.0 Å². The number of alkyl halides is 3. The summed E-state index contributed by atoms with van der Waals surface area (Å²) in [5.41, 5.74) is 0. The van der Waals surface area contributed by atoms with E-state index in [1.54, 1.807) is 0 Å². The lowest BCUT2D eigenvalue weighted by Crippen LogP contribution is -2.19. The quantitative estimate of drug-likeness (QED) is 0.491. The third kappa shape index (κ3) is 5.91. The van der Waals surface area contributed by atoms with Gasteiger partial charge < -0.3 is 14.2 Å². The summed E-state index contributed by atoms with van der Waals surface area (Å²) in [5, 5.41) is 0. The molecule has 2 aliphatic carbocycles. The van der Waals surface area contributed by atoms with Gasteiger partial charge in [0.15, 0.2) is 11.5 Å². The van der Waals surface area contributed by atoms with Crippen LogP contribution < -0.4 is 14.2 Å². The molecule has 3 nitrogen and oxygen atoms in total. The van der Waals surface area contributed by atoms with Crippen molar-refractivity contribution in [1.82, 2.24) is 0 Å². The van der Waals surface area contributed by atoms with Crippen LogP contribution in [0.2, 0.25) is 0 Å². The standard InChI is InChI=1S/C20H26F4O3/c21-18-16(26-13-15-7-3-4-8-15)9-10-17(19(18)27-20(22,23)24)25-12-11-14-5-1-2-6-14/h9-10,14-15H,1-8,11-13H2. The van der Waals surface area contributed by atoms with Crippen LogP contribution in [0.15, 0.2) is 12.1 Å². The Morgan fingerprint density at radius 1 is 0.852 bits per heavy atom. The molecule has 152 valence electrons. The molecule has 1 aromatic rings. The first-order valence-corrected chi connectivity index (χ1v) is 9.76. The number of ether oxygens (including phenoxy) is 3. The molecule has 0 atom stereocenters. The fourth-order valence-corrected chi connectivity index (χ4v) is 3.98. The largest absolute Gasteiger partial charge is 0.573 e. The fraction of sp³-hybridized carbons (Fsp3) is 0.700. The van der Waals surface area contributed by atoms with Gasteiger partial charge in [-0.25, -0.2) is 0 Å². The summed E-state index contributed by atoms with van der Waals surface area (Å²) in [6, 6.07) is 2.61. The van der Waals surface area contributed by atoms with Crippen molar-refractivity contribution in [2.24, 2.45) is 11.8 Å². The molecule has 0 amide bonds. The fourth-order valence-electron chi connectivity index (χ4n) is 3.98. The van der Waals surface area contributed by atoms with Crippen LogP contribution in [0.4, 0.5) is 17.6 Å². The Hall–Kier alpha value is -1.66. The Morgan fingerprint density at radius 3 is 2.07 bits per heavy atom. The summed E-state index contributed by atoms with van der Waals surface area (Å²) in [6.07, 6.45) is 4.51. The molecule has 0 radical (unpaired) electrons. The van der Waals surface area contributed by atoms with Gasteiger partial charge in [0.1, 0.15) is 0 Å². The van der Waals surface area contributed by atoms with Gasteiger partial charge in [0.05, 0.1) is 13.2 Å². The van der Waals surface area contributed by atoms with Crippen LogP contribution in [0.25, 0.3) is 0 Å². The van der Waals surface area contributed by atoms with Gasteiger partial charge in [0, 0.05) is 0 Å². The second-order valence-electron chi connectivity index (χ2n) is 7.50. The average molecular weight is 390 g/mol. The molecule has 2 fully saturated rings. The smallest absolute Gasteiger partial charge is 0.490 e. The van der Waals surface area contributed by atoms with Crippen LogP contribution in [-0.4, -0.2) is 19.6 Å². The summed E-state index contributed by atoms with van der Waals surface area (Å²) < 4.78 is 67.7. The van der Waals surface area contributed by atoms with Crippen molar-refractivity contribution in [3.05, 3.63) is 17.9 Å². The van der Waals surface area contributed by atoms with Gasteiger partial charge >= 0.3 is 6.36 Å². The Kier molecular flexibility index (Phi) is 6.71. The topological polar surface area (TPSA) is 27.7 Å². The lowest BCUT2D eigenvalue weighted by molar-refractivity contribution is -0.276. The minimum atomic E-state index is -5.01. The maximum atomic E-state index is 14.6. The second kappa shape index (κ2) is 9.02. The van der Waals surface area contributed by atoms with Gasteiger partial charge in [0.2, 0.25) is 11.6 Å². The molecule has 27 heavy (non-hydrogen) atoms. The van der Waals surface area contributed by atoms with Gasteiger partial charge in [-0.05, 0) is 43.2 Å². The van der Waals surface area contributed by atoms with Crippen LogP contribution in [0.5, 0.6) is 17.2 Å². The number of benzene rings is 1. The third-order valence-corrected chi connectivity index (χ3v) is 5.45. The number of hydrogen-bond donors (Lipinski definition) is 0. The zero-order valence-corrected chi connectivity index (χ0v) is 15.3. The Labute approximate surface area is 157 Å². The van der Waals surface area contributed by atoms with E-state index in [0.29, 0.717) is 18.4 Å². The molecule has 0 N–H and O–H groups in total. The van der Waals surface area contributed by atoms with E-state index >= 15 is 0 Å². The van der Waals surface area contributed by atoms with Gasteiger partial charge in [-0.3, -0.25) is 0 Å². The molecule has 3 rings (SSSR count). The van der Waals surface area contributed by atoms with Gasteiger partial charge in [-0.15, -0.1) is 13.2 Å². The molecule has 2 saturated carbocycles. The predicted octanol–water partition coefficient (Wildman–Crippen LogP) is 6.25. The molecule has 0 saturated heterocycles. The van der Waals surface area contributed by atoms with Crippen LogP contribution >= 0.6 is 0 Å². The zero-order chi connectivity index (χ0) is 19.3. The minimum absolute atomic E-state index is 0.232. The molecule has 7 heteroatoms. The maximum absolute atomic E-state index is 14.6. The summed E-state index contributed by atoms with van der Waals surface area (Å²) in [7, 11) is 0. The number of halogens is 4. The van der Waals surface area contributed by atoms with E-state index in [0.717, 1.165) is 44.9 Å². The van der Waals surface area contributed by atoms with Crippen molar-refractivity contribution in [1.29, 1.82) is 0 Å². The molecule has 0 spiro atoms. The second-order valence-corrected chi connectivity index (χ2v) is 7.50. The summed E-state index contributed by atoms with van der Waals surface area (Å²) in [6.45, 7) is 0.533. The van der Waals surface area contributed by atoms with E-state index in [-0.39, 0.29) is 18.1 Å². The van der Waals surface area contributed by atoms with Crippen LogP contribution in [0.1, 0.15) is 57.8 Å². The van der Waals surface area contributed by atoms with Gasteiger partial charge in [0.25, 0.3) is 0 Å². The lowest BCUT2D eigenvalue weighted by Gasteiger charge is -2.18. The highest BCUT2D eigenvalue weighted by Gasteiger charge is 2.35. The Bertz CT molecular complexity index is 606. The van der Waals surface area contributed by atoms with Crippen molar-refractivity contribution < 1.29 is 31.8 Å². The highest BCUT2D eigenvalue weighted by molar-refractivity contribution is 5.47. The van der Waals surface area contributed by atoms with Crippen molar-refractivity contribution in [2.75, 3.05) is 13.2 Å².